The number of hydrogen-bond acceptors (Lipinski definition) is 2. The maximum Gasteiger partial charge on any atom is 0.270 e. The van der Waals surface area contributed by atoms with E-state index in [-0.39, 0.29) is 17.9 Å². The predicted molar refractivity (Wildman–Crippen MR) is 95.6 cm³/mol. The molecule has 0 radical (unpaired) electrons. The van der Waals surface area contributed by atoms with Crippen molar-refractivity contribution in [2.75, 3.05) is 13.1 Å². The van der Waals surface area contributed by atoms with Crippen molar-refractivity contribution in [2.24, 2.45) is 0 Å². The van der Waals surface area contributed by atoms with E-state index in [1.54, 1.807) is 12.3 Å². The van der Waals surface area contributed by atoms with Gasteiger partial charge in [0.2, 0.25) is 0 Å². The Balaban J connectivity index is 1.46. The van der Waals surface area contributed by atoms with Crippen LogP contribution in [0.25, 0.3) is 0 Å². The lowest BCUT2D eigenvalue weighted by molar-refractivity contribution is 0.0787. The van der Waals surface area contributed by atoms with Gasteiger partial charge in [-0.15, -0.1) is 0 Å². The Morgan fingerprint density at radius 3 is 2.84 bits per heavy atom. The summed E-state index contributed by atoms with van der Waals surface area (Å²) in [6.07, 6.45) is 5.67. The van der Waals surface area contributed by atoms with Crippen molar-refractivity contribution in [3.05, 3.63) is 58.4 Å². The number of likely N-dealkylation sites (tertiary alicyclic amines) is 1. The van der Waals surface area contributed by atoms with Gasteiger partial charge >= 0.3 is 0 Å². The Morgan fingerprint density at radius 2 is 2.04 bits per heavy atom. The Labute approximate surface area is 147 Å². The predicted octanol–water partition coefficient (Wildman–Crippen LogP) is 2.98. The quantitative estimate of drug-likeness (QED) is 0.904. The molecule has 4 rings (SSSR count). The lowest BCUT2D eigenvalue weighted by atomic mass is 10.0. The number of hydrogen-bond donors (Lipinski definition) is 2. The van der Waals surface area contributed by atoms with Gasteiger partial charge in [-0.05, 0) is 55.4 Å². The standard InChI is InChI=1S/C20H23N3O2/c1-13-5-4-6-16-15(13)7-8-17(16)22-19(24)14-11-18(21-12-14)20(25)23-9-2-3-10-23/h4-6,11-12,17,21H,2-3,7-10H2,1H3,(H,22,24). The van der Waals surface area contributed by atoms with Crippen LogP contribution in [0.5, 0.6) is 0 Å². The van der Waals surface area contributed by atoms with E-state index >= 15 is 0 Å². The molecule has 1 aliphatic carbocycles. The number of benzene rings is 1. The molecule has 1 aromatic heterocycles. The smallest absolute Gasteiger partial charge is 0.270 e. The molecule has 2 aromatic rings. The molecule has 0 bridgehead atoms. The number of aryl methyl sites for hydroxylation is 1. The second-order valence-electron chi connectivity index (χ2n) is 7.01. The summed E-state index contributed by atoms with van der Waals surface area (Å²) >= 11 is 0. The summed E-state index contributed by atoms with van der Waals surface area (Å²) in [7, 11) is 0. The van der Waals surface area contributed by atoms with Gasteiger partial charge in [0, 0.05) is 19.3 Å². The summed E-state index contributed by atoms with van der Waals surface area (Å²) < 4.78 is 0. The molecule has 2 aliphatic rings. The molecule has 5 nitrogen and oxygen atoms in total. The van der Waals surface area contributed by atoms with E-state index in [4.69, 9.17) is 0 Å². The average molecular weight is 337 g/mol. The summed E-state index contributed by atoms with van der Waals surface area (Å²) in [4.78, 5) is 29.8. The largest absolute Gasteiger partial charge is 0.356 e. The maximum absolute atomic E-state index is 12.6. The minimum atomic E-state index is -0.129. The highest BCUT2D eigenvalue weighted by molar-refractivity contribution is 5.99. The third-order valence-electron chi connectivity index (χ3n) is 5.38. The van der Waals surface area contributed by atoms with Gasteiger partial charge in [0.1, 0.15) is 5.69 Å². The molecule has 1 saturated heterocycles. The van der Waals surface area contributed by atoms with E-state index in [0.717, 1.165) is 38.8 Å². The number of nitrogens with zero attached hydrogens (tertiary/aromatic N) is 1. The number of fused-ring (bicyclic) bond motifs is 1. The zero-order valence-electron chi connectivity index (χ0n) is 14.5. The van der Waals surface area contributed by atoms with Gasteiger partial charge in [-0.1, -0.05) is 18.2 Å². The van der Waals surface area contributed by atoms with Crippen molar-refractivity contribution in [2.45, 2.75) is 38.6 Å². The second-order valence-corrected chi connectivity index (χ2v) is 7.01. The Kier molecular flexibility index (Phi) is 4.07. The molecule has 0 spiro atoms. The van der Waals surface area contributed by atoms with Crippen LogP contribution in [0, 0.1) is 6.92 Å². The van der Waals surface area contributed by atoms with Gasteiger partial charge in [0.05, 0.1) is 11.6 Å². The van der Waals surface area contributed by atoms with Crippen LogP contribution in [0.4, 0.5) is 0 Å². The highest BCUT2D eigenvalue weighted by atomic mass is 16.2. The second kappa shape index (κ2) is 6.39. The summed E-state index contributed by atoms with van der Waals surface area (Å²) in [5, 5.41) is 3.12. The molecule has 2 heterocycles. The molecule has 1 unspecified atom stereocenters. The van der Waals surface area contributed by atoms with E-state index in [1.807, 2.05) is 11.0 Å². The molecule has 1 atom stereocenters. The molecule has 130 valence electrons. The third kappa shape index (κ3) is 2.95. The molecule has 1 aromatic carbocycles. The number of carbonyl (C=O) groups is 2. The summed E-state index contributed by atoms with van der Waals surface area (Å²) in [5.41, 5.74) is 4.87. The van der Waals surface area contributed by atoms with Gasteiger partial charge in [-0.3, -0.25) is 9.59 Å². The fraction of sp³-hybridized carbons (Fsp3) is 0.400. The number of H-pyrrole nitrogens is 1. The average Bonchev–Trinajstić information content (AvgIpc) is 3.36. The van der Waals surface area contributed by atoms with E-state index in [0.29, 0.717) is 11.3 Å². The van der Waals surface area contributed by atoms with Crippen molar-refractivity contribution >= 4 is 11.8 Å². The Hall–Kier alpha value is -2.56. The zero-order valence-corrected chi connectivity index (χ0v) is 14.5. The first kappa shape index (κ1) is 15.9. The van der Waals surface area contributed by atoms with Gasteiger partial charge in [-0.25, -0.2) is 0 Å². The number of amides is 2. The molecule has 2 amide bonds. The van der Waals surface area contributed by atoms with Crippen LogP contribution in [0.15, 0.2) is 30.5 Å². The first-order valence-electron chi connectivity index (χ1n) is 9.00. The molecule has 2 N–H and O–H groups in total. The molecular weight excluding hydrogens is 314 g/mol. The summed E-state index contributed by atoms with van der Waals surface area (Å²) in [6, 6.07) is 7.98. The Morgan fingerprint density at radius 1 is 1.24 bits per heavy atom. The van der Waals surface area contributed by atoms with Crippen LogP contribution in [0.1, 0.15) is 62.8 Å². The van der Waals surface area contributed by atoms with Crippen LogP contribution < -0.4 is 5.32 Å². The SMILES string of the molecule is Cc1cccc2c1CCC2NC(=O)c1c[nH]c(C(=O)N2CCCC2)c1. The summed E-state index contributed by atoms with van der Waals surface area (Å²) in [5.74, 6) is -0.144. The maximum atomic E-state index is 12.6. The Bertz CT molecular complexity index is 818. The van der Waals surface area contributed by atoms with Crippen LogP contribution in [0.3, 0.4) is 0 Å². The van der Waals surface area contributed by atoms with E-state index in [2.05, 4.69) is 29.4 Å². The van der Waals surface area contributed by atoms with Crippen LogP contribution >= 0.6 is 0 Å². The van der Waals surface area contributed by atoms with Crippen LogP contribution in [0.2, 0.25) is 0 Å². The number of aromatic amines is 1. The first-order valence-corrected chi connectivity index (χ1v) is 9.00. The fourth-order valence-corrected chi connectivity index (χ4v) is 3.97. The van der Waals surface area contributed by atoms with Crippen molar-refractivity contribution in [3.8, 4) is 0 Å². The fourth-order valence-electron chi connectivity index (χ4n) is 3.97. The van der Waals surface area contributed by atoms with E-state index in [9.17, 15) is 9.59 Å². The van der Waals surface area contributed by atoms with E-state index in [1.165, 1.54) is 16.7 Å². The molecule has 5 heteroatoms. The van der Waals surface area contributed by atoms with Gasteiger partial charge in [0.15, 0.2) is 0 Å². The molecule has 1 fully saturated rings. The highest BCUT2D eigenvalue weighted by Crippen LogP contribution is 2.33. The van der Waals surface area contributed by atoms with Crippen molar-refractivity contribution < 1.29 is 9.59 Å². The molecule has 1 aliphatic heterocycles. The molecule has 0 saturated carbocycles. The number of nitrogens with one attached hydrogen (secondary N) is 2. The lowest BCUT2D eigenvalue weighted by Gasteiger charge is -2.14. The van der Waals surface area contributed by atoms with Crippen molar-refractivity contribution in [1.29, 1.82) is 0 Å². The van der Waals surface area contributed by atoms with E-state index < -0.39 is 0 Å². The van der Waals surface area contributed by atoms with Gasteiger partial charge < -0.3 is 15.2 Å². The highest BCUT2D eigenvalue weighted by Gasteiger charge is 2.26. The van der Waals surface area contributed by atoms with Crippen molar-refractivity contribution in [3.63, 3.8) is 0 Å². The molecule has 25 heavy (non-hydrogen) atoms. The minimum Gasteiger partial charge on any atom is -0.356 e. The topological polar surface area (TPSA) is 65.2 Å². The molecular formula is C20H23N3O2. The van der Waals surface area contributed by atoms with Crippen LogP contribution in [-0.4, -0.2) is 34.8 Å². The lowest BCUT2D eigenvalue weighted by Crippen LogP contribution is -2.28. The third-order valence-corrected chi connectivity index (χ3v) is 5.38. The number of aromatic nitrogens is 1. The number of carbonyl (C=O) groups excluding carboxylic acids is 2. The monoisotopic (exact) mass is 337 g/mol. The van der Waals surface area contributed by atoms with Crippen molar-refractivity contribution in [1.82, 2.24) is 15.2 Å². The van der Waals surface area contributed by atoms with Gasteiger partial charge in [-0.2, -0.15) is 0 Å². The zero-order chi connectivity index (χ0) is 17.4. The summed E-state index contributed by atoms with van der Waals surface area (Å²) in [6.45, 7) is 3.72. The number of rotatable bonds is 3. The first-order chi connectivity index (χ1) is 12.1. The normalized spacial score (nSPS) is 19.1. The van der Waals surface area contributed by atoms with Crippen LogP contribution in [-0.2, 0) is 6.42 Å². The minimum absolute atomic E-state index is 0.0154. The van der Waals surface area contributed by atoms with Gasteiger partial charge in [0.25, 0.3) is 11.8 Å².